The Balaban J connectivity index is 1.48. The summed E-state index contributed by atoms with van der Waals surface area (Å²) in [5, 5.41) is 0. The van der Waals surface area contributed by atoms with Crippen molar-refractivity contribution in [2.24, 2.45) is 4.99 Å². The Morgan fingerprint density at radius 2 is 1.74 bits per heavy atom. The van der Waals surface area contributed by atoms with Gasteiger partial charge in [-0.05, 0) is 82.0 Å². The molecule has 0 unspecified atom stereocenters. The molecule has 7 nitrogen and oxygen atoms in total. The number of hydrogen-bond donors (Lipinski definition) is 0. The lowest BCUT2D eigenvalue weighted by atomic mass is 9.93. The van der Waals surface area contributed by atoms with Gasteiger partial charge in [0.05, 0.1) is 40.0 Å². The second-order valence-corrected chi connectivity index (χ2v) is 13.2. The fraction of sp³-hybridized carbons (Fsp3) is 0.139. The van der Waals surface area contributed by atoms with E-state index in [1.165, 1.54) is 28.0 Å². The second-order valence-electron chi connectivity index (χ2n) is 10.4. The van der Waals surface area contributed by atoms with Gasteiger partial charge in [0.2, 0.25) is 0 Å². The third-order valence-corrected chi connectivity index (χ3v) is 9.51. The molecule has 1 aliphatic heterocycles. The summed E-state index contributed by atoms with van der Waals surface area (Å²) in [6.07, 6.45) is 1.74. The molecule has 0 aliphatic carbocycles. The maximum atomic E-state index is 14.2. The maximum absolute atomic E-state index is 14.2. The SMILES string of the molecule is CCOC(=O)C1=C(c2ccccc2)N=c2s/c(=C\c3cc(Br)c(OCc4ccc(Br)cc4)c(OC)c3)c(=O)n2[C@H]1c1ccc(F)cc1. The summed E-state index contributed by atoms with van der Waals surface area (Å²) in [4.78, 5) is 33.0. The first kappa shape index (κ1) is 32.6. The number of esters is 1. The molecule has 0 saturated heterocycles. The van der Waals surface area contributed by atoms with Crippen molar-refractivity contribution in [3.8, 4) is 11.5 Å². The van der Waals surface area contributed by atoms with E-state index in [1.54, 1.807) is 38.3 Å². The van der Waals surface area contributed by atoms with Crippen LogP contribution in [0.4, 0.5) is 4.39 Å². The highest BCUT2D eigenvalue weighted by Crippen LogP contribution is 2.38. The van der Waals surface area contributed by atoms with E-state index in [1.807, 2.05) is 60.7 Å². The Labute approximate surface area is 290 Å². The maximum Gasteiger partial charge on any atom is 0.338 e. The van der Waals surface area contributed by atoms with Gasteiger partial charge in [0.25, 0.3) is 5.56 Å². The van der Waals surface area contributed by atoms with Crippen LogP contribution in [0.15, 0.2) is 115 Å². The quantitative estimate of drug-likeness (QED) is 0.148. The molecule has 47 heavy (non-hydrogen) atoms. The minimum atomic E-state index is -0.904. The zero-order valence-electron chi connectivity index (χ0n) is 25.2. The Hall–Kier alpha value is -4.32. The van der Waals surface area contributed by atoms with Crippen molar-refractivity contribution in [3.63, 3.8) is 0 Å². The third kappa shape index (κ3) is 6.88. The molecule has 0 radical (unpaired) electrons. The van der Waals surface area contributed by atoms with Crippen molar-refractivity contribution in [2.45, 2.75) is 19.6 Å². The molecule has 0 N–H and O–H groups in total. The number of ether oxygens (including phenoxy) is 3. The zero-order valence-corrected chi connectivity index (χ0v) is 29.2. The van der Waals surface area contributed by atoms with Gasteiger partial charge >= 0.3 is 5.97 Å². The van der Waals surface area contributed by atoms with Crippen molar-refractivity contribution in [1.29, 1.82) is 0 Å². The smallest absolute Gasteiger partial charge is 0.338 e. The molecule has 6 rings (SSSR count). The minimum absolute atomic E-state index is 0.129. The first-order valence-electron chi connectivity index (χ1n) is 14.6. The number of aromatic nitrogens is 1. The highest BCUT2D eigenvalue weighted by molar-refractivity contribution is 9.10. The van der Waals surface area contributed by atoms with Crippen LogP contribution in [0.25, 0.3) is 11.8 Å². The molecule has 0 bridgehead atoms. The van der Waals surface area contributed by atoms with Crippen LogP contribution in [0.1, 0.15) is 35.2 Å². The van der Waals surface area contributed by atoms with E-state index in [9.17, 15) is 14.0 Å². The molecular formula is C36H27Br2FN2O5S. The van der Waals surface area contributed by atoms with Gasteiger partial charge in [0.15, 0.2) is 16.3 Å². The molecule has 5 aromatic rings. The zero-order chi connectivity index (χ0) is 33.1. The number of carbonyl (C=O) groups excluding carboxylic acids is 1. The lowest BCUT2D eigenvalue weighted by molar-refractivity contribution is -0.138. The van der Waals surface area contributed by atoms with Gasteiger partial charge in [-0.1, -0.05) is 81.9 Å². The average Bonchev–Trinajstić information content (AvgIpc) is 3.38. The fourth-order valence-corrected chi connectivity index (χ4v) is 7.09. The van der Waals surface area contributed by atoms with E-state index >= 15 is 0 Å². The largest absolute Gasteiger partial charge is 0.493 e. The molecular weight excluding hydrogens is 751 g/mol. The summed E-state index contributed by atoms with van der Waals surface area (Å²) in [6.45, 7) is 2.17. The van der Waals surface area contributed by atoms with Gasteiger partial charge in [0, 0.05) is 10.0 Å². The van der Waals surface area contributed by atoms with Gasteiger partial charge in [-0.2, -0.15) is 0 Å². The predicted molar refractivity (Wildman–Crippen MR) is 187 cm³/mol. The molecule has 1 atom stereocenters. The van der Waals surface area contributed by atoms with Crippen molar-refractivity contribution < 1.29 is 23.4 Å². The normalized spacial score (nSPS) is 14.4. The molecule has 1 aromatic heterocycles. The number of rotatable bonds is 9. The van der Waals surface area contributed by atoms with Crippen LogP contribution in [0.2, 0.25) is 0 Å². The van der Waals surface area contributed by atoms with E-state index in [0.717, 1.165) is 10.0 Å². The Morgan fingerprint density at radius 1 is 1.02 bits per heavy atom. The van der Waals surface area contributed by atoms with E-state index in [4.69, 9.17) is 19.2 Å². The number of carbonyl (C=O) groups is 1. The Kier molecular flexibility index (Phi) is 9.86. The van der Waals surface area contributed by atoms with E-state index in [2.05, 4.69) is 31.9 Å². The van der Waals surface area contributed by atoms with E-state index in [0.29, 0.717) is 54.3 Å². The molecule has 1 aliphatic rings. The van der Waals surface area contributed by atoms with Gasteiger partial charge in [-0.25, -0.2) is 14.2 Å². The molecule has 0 amide bonds. The van der Waals surface area contributed by atoms with Crippen LogP contribution in [0.5, 0.6) is 11.5 Å². The molecule has 0 spiro atoms. The van der Waals surface area contributed by atoms with Crippen molar-refractivity contribution >= 4 is 60.9 Å². The first-order valence-corrected chi connectivity index (χ1v) is 17.0. The number of thiazole rings is 1. The summed E-state index contributed by atoms with van der Waals surface area (Å²) in [5.41, 5.74) is 3.13. The summed E-state index contributed by atoms with van der Waals surface area (Å²) >= 11 is 8.25. The van der Waals surface area contributed by atoms with E-state index < -0.39 is 17.8 Å². The second kappa shape index (κ2) is 14.2. The predicted octanol–water partition coefficient (Wildman–Crippen LogP) is 7.19. The fourth-order valence-electron chi connectivity index (χ4n) is 5.25. The number of hydrogen-bond acceptors (Lipinski definition) is 7. The average molecular weight is 778 g/mol. The number of fused-ring (bicyclic) bond motifs is 1. The number of nitrogens with zero attached hydrogens (tertiary/aromatic N) is 2. The van der Waals surface area contributed by atoms with Gasteiger partial charge in [-0.3, -0.25) is 9.36 Å². The van der Waals surface area contributed by atoms with Crippen molar-refractivity contribution in [1.82, 2.24) is 4.57 Å². The minimum Gasteiger partial charge on any atom is -0.493 e. The van der Waals surface area contributed by atoms with Crippen molar-refractivity contribution in [3.05, 3.63) is 153 Å². The lowest BCUT2D eigenvalue weighted by Gasteiger charge is -2.25. The summed E-state index contributed by atoms with van der Waals surface area (Å²) in [5.74, 6) is -0.0337. The van der Waals surface area contributed by atoms with Gasteiger partial charge in [-0.15, -0.1) is 0 Å². The topological polar surface area (TPSA) is 79.1 Å². The van der Waals surface area contributed by atoms with Crippen molar-refractivity contribution in [2.75, 3.05) is 13.7 Å². The monoisotopic (exact) mass is 776 g/mol. The first-order chi connectivity index (χ1) is 22.8. The van der Waals surface area contributed by atoms with Crippen LogP contribution in [-0.2, 0) is 16.1 Å². The summed E-state index contributed by atoms with van der Waals surface area (Å²) < 4.78 is 34.8. The van der Waals surface area contributed by atoms with Crippen LogP contribution in [0, 0.1) is 5.82 Å². The molecule has 238 valence electrons. The van der Waals surface area contributed by atoms with Crippen LogP contribution in [-0.4, -0.2) is 24.3 Å². The standard InChI is InChI=1S/C36H27Br2FN2O5S/c1-3-45-35(43)30-31(23-7-5-4-6-8-23)40-36-41(32(30)24-11-15-26(39)16-12-24)34(42)29(47-36)19-22-17-27(38)33(28(18-22)44-2)46-20-21-9-13-25(37)14-10-21/h4-19,32H,3,20H2,1-2H3/b29-19-/t32-/m0/s1. The number of halogens is 3. The third-order valence-electron chi connectivity index (χ3n) is 7.41. The Morgan fingerprint density at radius 3 is 2.43 bits per heavy atom. The van der Waals surface area contributed by atoms with Crippen LogP contribution >= 0.6 is 43.2 Å². The highest BCUT2D eigenvalue weighted by atomic mass is 79.9. The number of methoxy groups -OCH3 is 1. The van der Waals surface area contributed by atoms with Crippen LogP contribution < -0.4 is 24.4 Å². The molecule has 11 heteroatoms. The molecule has 4 aromatic carbocycles. The van der Waals surface area contributed by atoms with E-state index in [-0.39, 0.29) is 17.7 Å². The molecule has 0 saturated carbocycles. The van der Waals surface area contributed by atoms with Crippen LogP contribution in [0.3, 0.4) is 0 Å². The summed E-state index contributed by atoms with van der Waals surface area (Å²) in [6, 6.07) is 25.6. The number of benzene rings is 4. The molecule has 0 fully saturated rings. The summed E-state index contributed by atoms with van der Waals surface area (Å²) in [7, 11) is 1.55. The van der Waals surface area contributed by atoms with Gasteiger partial charge < -0.3 is 14.2 Å². The lowest BCUT2D eigenvalue weighted by Crippen LogP contribution is -2.40. The molecule has 2 heterocycles. The highest BCUT2D eigenvalue weighted by Gasteiger charge is 2.35. The Bertz CT molecular complexity index is 2160. The van der Waals surface area contributed by atoms with Gasteiger partial charge in [0.1, 0.15) is 12.4 Å².